The van der Waals surface area contributed by atoms with Crippen LogP contribution in [0.15, 0.2) is 72.9 Å². The molecule has 8 nitrogen and oxygen atoms in total. The van der Waals surface area contributed by atoms with Gasteiger partial charge < -0.3 is 15.0 Å². The van der Waals surface area contributed by atoms with Gasteiger partial charge in [-0.05, 0) is 42.8 Å². The van der Waals surface area contributed by atoms with Crippen molar-refractivity contribution in [1.82, 2.24) is 19.7 Å². The van der Waals surface area contributed by atoms with E-state index in [1.54, 1.807) is 42.3 Å². The molecule has 0 saturated carbocycles. The summed E-state index contributed by atoms with van der Waals surface area (Å²) in [5.74, 6) is -1.18. The van der Waals surface area contributed by atoms with Crippen LogP contribution in [0, 0.1) is 5.82 Å². The fourth-order valence-corrected chi connectivity index (χ4v) is 4.47. The van der Waals surface area contributed by atoms with Crippen molar-refractivity contribution in [2.45, 2.75) is 12.5 Å². The second-order valence-corrected chi connectivity index (χ2v) is 8.95. The summed E-state index contributed by atoms with van der Waals surface area (Å²) >= 11 is 6.26. The Balaban J connectivity index is 1.48. The second-order valence-electron chi connectivity index (χ2n) is 8.54. The molecule has 5 rings (SSSR count). The van der Waals surface area contributed by atoms with Crippen molar-refractivity contribution in [2.24, 2.45) is 0 Å². The Morgan fingerprint density at radius 1 is 1.11 bits per heavy atom. The number of aromatic nitrogens is 3. The van der Waals surface area contributed by atoms with E-state index in [1.165, 1.54) is 23.0 Å². The number of likely N-dealkylation sites (tertiary alicyclic amines) is 1. The molecule has 0 radical (unpaired) electrons. The predicted molar refractivity (Wildman–Crippen MR) is 137 cm³/mol. The first-order valence-corrected chi connectivity index (χ1v) is 12.0. The molecule has 10 heteroatoms. The van der Waals surface area contributed by atoms with E-state index in [9.17, 15) is 14.0 Å². The summed E-state index contributed by atoms with van der Waals surface area (Å²) in [7, 11) is 1.62. The van der Waals surface area contributed by atoms with Crippen LogP contribution in [0.3, 0.4) is 0 Å². The molecule has 0 bridgehead atoms. The third-order valence-electron chi connectivity index (χ3n) is 6.18. The summed E-state index contributed by atoms with van der Waals surface area (Å²) in [5.41, 5.74) is 1.39. The van der Waals surface area contributed by atoms with Gasteiger partial charge in [-0.1, -0.05) is 35.9 Å². The van der Waals surface area contributed by atoms with Gasteiger partial charge in [0, 0.05) is 38.0 Å². The first-order chi connectivity index (χ1) is 17.9. The molecular weight excluding hydrogens is 497 g/mol. The highest BCUT2D eigenvalue weighted by Gasteiger charge is 2.29. The van der Waals surface area contributed by atoms with Gasteiger partial charge in [-0.3, -0.25) is 14.6 Å². The van der Waals surface area contributed by atoms with Gasteiger partial charge in [-0.2, -0.15) is 5.10 Å². The smallest absolute Gasteiger partial charge is 0.274 e. The summed E-state index contributed by atoms with van der Waals surface area (Å²) in [6.07, 6.45) is 2.26. The van der Waals surface area contributed by atoms with Crippen LogP contribution >= 0.6 is 11.6 Å². The van der Waals surface area contributed by atoms with Crippen LogP contribution in [0.5, 0.6) is 0 Å². The van der Waals surface area contributed by atoms with Crippen molar-refractivity contribution in [3.05, 3.63) is 95.0 Å². The lowest BCUT2D eigenvalue weighted by Gasteiger charge is -2.14. The van der Waals surface area contributed by atoms with E-state index in [0.717, 1.165) is 12.5 Å². The first kappa shape index (κ1) is 24.6. The number of halogens is 2. The van der Waals surface area contributed by atoms with Gasteiger partial charge in [0.1, 0.15) is 11.6 Å². The van der Waals surface area contributed by atoms with Gasteiger partial charge in [-0.25, -0.2) is 9.07 Å². The fourth-order valence-electron chi connectivity index (χ4n) is 4.23. The first-order valence-electron chi connectivity index (χ1n) is 11.6. The maximum Gasteiger partial charge on any atom is 0.274 e. The lowest BCUT2D eigenvalue weighted by atomic mass is 10.1. The lowest BCUT2D eigenvalue weighted by molar-refractivity contribution is 0.0718. The summed E-state index contributed by atoms with van der Waals surface area (Å²) < 4.78 is 21.5. The Morgan fingerprint density at radius 2 is 1.89 bits per heavy atom. The number of hydrogen-bond donors (Lipinski definition) is 1. The number of nitrogens with zero attached hydrogens (tertiary/aromatic N) is 4. The number of amides is 2. The number of pyridine rings is 1. The fraction of sp³-hybridized carbons (Fsp3) is 0.185. The highest BCUT2D eigenvalue weighted by molar-refractivity contribution is 6.34. The zero-order chi connectivity index (χ0) is 25.9. The van der Waals surface area contributed by atoms with E-state index in [-0.39, 0.29) is 39.7 Å². The monoisotopic (exact) mass is 519 g/mol. The van der Waals surface area contributed by atoms with Crippen LogP contribution in [0.4, 0.5) is 10.2 Å². The summed E-state index contributed by atoms with van der Waals surface area (Å²) in [6.45, 7) is 1.02. The highest BCUT2D eigenvalue weighted by Crippen LogP contribution is 2.29. The van der Waals surface area contributed by atoms with Crippen molar-refractivity contribution >= 4 is 29.2 Å². The van der Waals surface area contributed by atoms with E-state index in [0.29, 0.717) is 24.5 Å². The molecule has 1 saturated heterocycles. The second kappa shape index (κ2) is 10.5. The Bertz CT molecular complexity index is 1450. The molecule has 0 spiro atoms. The molecule has 0 unspecified atom stereocenters. The van der Waals surface area contributed by atoms with E-state index in [1.807, 2.05) is 18.2 Å². The van der Waals surface area contributed by atoms with E-state index >= 15 is 0 Å². The number of benzene rings is 2. The normalized spacial score (nSPS) is 15.1. The molecule has 2 amide bonds. The van der Waals surface area contributed by atoms with Crippen LogP contribution in [0.25, 0.3) is 16.9 Å². The molecule has 0 aliphatic carbocycles. The minimum absolute atomic E-state index is 0.0201. The average molecular weight is 520 g/mol. The van der Waals surface area contributed by atoms with E-state index in [4.69, 9.17) is 16.3 Å². The highest BCUT2D eigenvalue weighted by atomic mass is 35.5. The third-order valence-corrected chi connectivity index (χ3v) is 6.49. The van der Waals surface area contributed by atoms with Crippen LogP contribution < -0.4 is 5.32 Å². The number of hydrogen-bond acceptors (Lipinski definition) is 5. The summed E-state index contributed by atoms with van der Waals surface area (Å²) in [4.78, 5) is 32.3. The SMILES string of the molecule is CO[C@@H]1CCN(C(=O)c2cc(NC(=O)c3cc(-c4ccccn4)c(F)cc3Cl)n(-c3ccccc3)n2)C1. The number of anilines is 1. The molecule has 2 aromatic carbocycles. The number of carbonyl (C=O) groups is 2. The van der Waals surface area contributed by atoms with E-state index < -0.39 is 11.7 Å². The predicted octanol–water partition coefficient (Wildman–Crippen LogP) is 4.84. The van der Waals surface area contributed by atoms with Gasteiger partial charge in [0.2, 0.25) is 0 Å². The minimum Gasteiger partial charge on any atom is -0.380 e. The van der Waals surface area contributed by atoms with Crippen molar-refractivity contribution in [3.8, 4) is 16.9 Å². The van der Waals surface area contributed by atoms with E-state index in [2.05, 4.69) is 15.4 Å². The van der Waals surface area contributed by atoms with Crippen LogP contribution in [-0.2, 0) is 4.74 Å². The van der Waals surface area contributed by atoms with Crippen LogP contribution in [-0.4, -0.2) is 57.8 Å². The molecule has 1 atom stereocenters. The van der Waals surface area contributed by atoms with Crippen molar-refractivity contribution in [3.63, 3.8) is 0 Å². The van der Waals surface area contributed by atoms with Gasteiger partial charge in [0.15, 0.2) is 5.69 Å². The number of methoxy groups -OCH3 is 1. The Kier molecular flexibility index (Phi) is 6.98. The summed E-state index contributed by atoms with van der Waals surface area (Å²) in [6, 6.07) is 18.2. The Labute approximate surface area is 217 Å². The van der Waals surface area contributed by atoms with Crippen molar-refractivity contribution < 1.29 is 18.7 Å². The molecule has 37 heavy (non-hydrogen) atoms. The minimum atomic E-state index is -0.595. The molecule has 1 aliphatic heterocycles. The van der Waals surface area contributed by atoms with Crippen molar-refractivity contribution in [2.75, 3.05) is 25.5 Å². The van der Waals surface area contributed by atoms with Gasteiger partial charge in [-0.15, -0.1) is 0 Å². The maximum atomic E-state index is 14.7. The number of ether oxygens (including phenoxy) is 1. The van der Waals surface area contributed by atoms with Crippen LogP contribution in [0.1, 0.15) is 27.3 Å². The number of rotatable bonds is 6. The Morgan fingerprint density at radius 3 is 2.59 bits per heavy atom. The molecule has 4 aromatic rings. The number of nitrogens with one attached hydrogen (secondary N) is 1. The van der Waals surface area contributed by atoms with Crippen LogP contribution in [0.2, 0.25) is 5.02 Å². The topological polar surface area (TPSA) is 89.4 Å². The summed E-state index contributed by atoms with van der Waals surface area (Å²) in [5, 5.41) is 7.22. The zero-order valence-electron chi connectivity index (χ0n) is 19.9. The maximum absolute atomic E-state index is 14.7. The number of carbonyl (C=O) groups excluding carboxylic acids is 2. The molecule has 1 aliphatic rings. The average Bonchev–Trinajstić information content (AvgIpc) is 3.57. The Hall–Kier alpha value is -4.08. The molecule has 188 valence electrons. The standard InChI is InChI=1S/C27H23ClFN5O3/c1-37-18-10-12-33(16-18)27(36)24-15-25(34(32-24)17-7-3-2-4-8-17)31-26(35)19-13-20(22(29)14-21(19)28)23-9-5-6-11-30-23/h2-9,11,13-15,18H,10,12,16H2,1H3,(H,31,35)/t18-/m1/s1. The van der Waals surface area contributed by atoms with Gasteiger partial charge >= 0.3 is 0 Å². The molecule has 2 aromatic heterocycles. The largest absolute Gasteiger partial charge is 0.380 e. The molecular formula is C27H23ClFN5O3. The quantitative estimate of drug-likeness (QED) is 0.394. The molecule has 3 heterocycles. The number of para-hydroxylation sites is 1. The lowest BCUT2D eigenvalue weighted by Crippen LogP contribution is -2.30. The van der Waals surface area contributed by atoms with Gasteiger partial charge in [0.25, 0.3) is 11.8 Å². The zero-order valence-corrected chi connectivity index (χ0v) is 20.7. The molecule has 1 fully saturated rings. The van der Waals surface area contributed by atoms with Crippen molar-refractivity contribution in [1.29, 1.82) is 0 Å². The molecule has 1 N–H and O–H groups in total. The third kappa shape index (κ3) is 5.09. The van der Waals surface area contributed by atoms with Gasteiger partial charge in [0.05, 0.1) is 28.1 Å².